The lowest BCUT2D eigenvalue weighted by Crippen LogP contribution is -2.45. The van der Waals surface area contributed by atoms with Crippen LogP contribution in [0.2, 0.25) is 0 Å². The SMILES string of the molecule is O=C1OC[C@@H](c2ccccc2)N1[C@H](COCc1ccccc1)C[N+](=O)[O-]. The molecule has 0 bridgehead atoms. The van der Waals surface area contributed by atoms with Gasteiger partial charge in [0.1, 0.15) is 12.6 Å². The van der Waals surface area contributed by atoms with Gasteiger partial charge in [-0.15, -0.1) is 0 Å². The Balaban J connectivity index is 1.72. The molecule has 2 atom stereocenters. The molecule has 1 heterocycles. The summed E-state index contributed by atoms with van der Waals surface area (Å²) in [7, 11) is 0. The second kappa shape index (κ2) is 8.44. The van der Waals surface area contributed by atoms with Gasteiger partial charge in [-0.3, -0.25) is 15.0 Å². The van der Waals surface area contributed by atoms with E-state index < -0.39 is 23.6 Å². The first-order valence-corrected chi connectivity index (χ1v) is 8.38. The Labute approximate surface area is 151 Å². The molecule has 0 radical (unpaired) electrons. The second-order valence-corrected chi connectivity index (χ2v) is 6.08. The number of benzene rings is 2. The maximum Gasteiger partial charge on any atom is 0.411 e. The fourth-order valence-electron chi connectivity index (χ4n) is 3.05. The zero-order chi connectivity index (χ0) is 18.4. The number of carbonyl (C=O) groups excluding carboxylic acids is 1. The minimum absolute atomic E-state index is 0.0638. The number of rotatable bonds is 8. The summed E-state index contributed by atoms with van der Waals surface area (Å²) < 4.78 is 10.8. The fraction of sp³-hybridized carbons (Fsp3) is 0.316. The molecule has 0 aromatic heterocycles. The standard InChI is InChI=1S/C19H20N2O5/c22-19-21(18(14-26-19)16-9-5-2-6-10-16)17(11-20(23)24)13-25-12-15-7-3-1-4-8-15/h1-10,17-18H,11-14H2/t17-,18-/m0/s1. The Morgan fingerprint density at radius 1 is 1.15 bits per heavy atom. The zero-order valence-corrected chi connectivity index (χ0v) is 14.2. The number of nitrogens with zero attached hydrogens (tertiary/aromatic N) is 2. The van der Waals surface area contributed by atoms with Crippen molar-refractivity contribution in [2.45, 2.75) is 18.7 Å². The van der Waals surface area contributed by atoms with E-state index in [-0.39, 0.29) is 19.3 Å². The third-order valence-corrected chi connectivity index (χ3v) is 4.27. The van der Waals surface area contributed by atoms with Crippen molar-refractivity contribution in [2.24, 2.45) is 0 Å². The molecule has 2 aromatic carbocycles. The first-order chi connectivity index (χ1) is 12.6. The van der Waals surface area contributed by atoms with Crippen LogP contribution in [0, 0.1) is 10.1 Å². The molecule has 3 rings (SSSR count). The van der Waals surface area contributed by atoms with E-state index in [1.807, 2.05) is 60.7 Å². The Bertz CT molecular complexity index is 738. The van der Waals surface area contributed by atoms with Crippen molar-refractivity contribution in [3.05, 3.63) is 81.9 Å². The highest BCUT2D eigenvalue weighted by Gasteiger charge is 2.41. The third kappa shape index (κ3) is 4.37. The van der Waals surface area contributed by atoms with Crippen molar-refractivity contribution < 1.29 is 19.2 Å². The summed E-state index contributed by atoms with van der Waals surface area (Å²) in [6.45, 7) is 0.172. The molecule has 1 amide bonds. The van der Waals surface area contributed by atoms with E-state index in [4.69, 9.17) is 9.47 Å². The van der Waals surface area contributed by atoms with E-state index in [0.29, 0.717) is 6.61 Å². The van der Waals surface area contributed by atoms with Gasteiger partial charge in [0.25, 0.3) is 0 Å². The number of hydrogen-bond acceptors (Lipinski definition) is 5. The molecular formula is C19H20N2O5. The second-order valence-electron chi connectivity index (χ2n) is 6.08. The quantitative estimate of drug-likeness (QED) is 0.536. The molecule has 0 spiro atoms. The molecule has 7 heteroatoms. The highest BCUT2D eigenvalue weighted by atomic mass is 16.6. The average molecular weight is 356 g/mol. The largest absolute Gasteiger partial charge is 0.447 e. The van der Waals surface area contributed by atoms with Gasteiger partial charge in [0, 0.05) is 4.92 Å². The molecule has 1 saturated heterocycles. The highest BCUT2D eigenvalue weighted by Crippen LogP contribution is 2.30. The lowest BCUT2D eigenvalue weighted by Gasteiger charge is -2.28. The van der Waals surface area contributed by atoms with Gasteiger partial charge in [0.2, 0.25) is 6.54 Å². The smallest absolute Gasteiger partial charge is 0.411 e. The summed E-state index contributed by atoms with van der Waals surface area (Å²) in [6.07, 6.45) is -0.547. The van der Waals surface area contributed by atoms with E-state index in [1.54, 1.807) is 0 Å². The number of hydrogen-bond donors (Lipinski definition) is 0. The summed E-state index contributed by atoms with van der Waals surface area (Å²) in [5, 5.41) is 11.1. The van der Waals surface area contributed by atoms with Crippen LogP contribution < -0.4 is 0 Å². The van der Waals surface area contributed by atoms with Crippen molar-refractivity contribution in [2.75, 3.05) is 19.8 Å². The Morgan fingerprint density at radius 3 is 2.46 bits per heavy atom. The van der Waals surface area contributed by atoms with Gasteiger partial charge in [-0.05, 0) is 11.1 Å². The summed E-state index contributed by atoms with van der Waals surface area (Å²) in [6, 6.07) is 17.9. The molecule has 1 aliphatic heterocycles. The van der Waals surface area contributed by atoms with Crippen molar-refractivity contribution in [1.29, 1.82) is 0 Å². The summed E-state index contributed by atoms with van der Waals surface area (Å²) >= 11 is 0. The molecule has 7 nitrogen and oxygen atoms in total. The van der Waals surface area contributed by atoms with Gasteiger partial charge < -0.3 is 9.47 Å². The van der Waals surface area contributed by atoms with Crippen LogP contribution in [0.25, 0.3) is 0 Å². The summed E-state index contributed by atoms with van der Waals surface area (Å²) in [4.78, 5) is 24.4. The lowest BCUT2D eigenvalue weighted by atomic mass is 10.1. The average Bonchev–Trinajstić information content (AvgIpc) is 3.04. The maximum absolute atomic E-state index is 12.2. The highest BCUT2D eigenvalue weighted by molar-refractivity contribution is 5.71. The number of cyclic esters (lactones) is 1. The Hall–Kier alpha value is -2.93. The van der Waals surface area contributed by atoms with E-state index in [0.717, 1.165) is 11.1 Å². The molecule has 136 valence electrons. The molecule has 0 aliphatic carbocycles. The molecular weight excluding hydrogens is 336 g/mol. The molecule has 1 fully saturated rings. The monoisotopic (exact) mass is 356 g/mol. The Morgan fingerprint density at radius 2 is 1.81 bits per heavy atom. The van der Waals surface area contributed by atoms with E-state index in [1.165, 1.54) is 4.90 Å². The van der Waals surface area contributed by atoms with Gasteiger partial charge >= 0.3 is 6.09 Å². The molecule has 26 heavy (non-hydrogen) atoms. The van der Waals surface area contributed by atoms with E-state index in [2.05, 4.69) is 0 Å². The number of nitro groups is 1. The normalized spacial score (nSPS) is 17.8. The molecule has 0 saturated carbocycles. The van der Waals surface area contributed by atoms with Crippen LogP contribution in [0.15, 0.2) is 60.7 Å². The molecule has 0 N–H and O–H groups in total. The van der Waals surface area contributed by atoms with E-state index in [9.17, 15) is 14.9 Å². The molecule has 1 aliphatic rings. The maximum atomic E-state index is 12.2. The van der Waals surface area contributed by atoms with E-state index >= 15 is 0 Å². The van der Waals surface area contributed by atoms with Crippen LogP contribution in [0.1, 0.15) is 17.2 Å². The first kappa shape index (κ1) is 17.9. The van der Waals surface area contributed by atoms with Crippen LogP contribution in [-0.4, -0.2) is 41.7 Å². The van der Waals surface area contributed by atoms with Gasteiger partial charge in [-0.2, -0.15) is 0 Å². The third-order valence-electron chi connectivity index (χ3n) is 4.27. The molecule has 2 aromatic rings. The van der Waals surface area contributed by atoms with Gasteiger partial charge in [0.05, 0.1) is 19.3 Å². The van der Waals surface area contributed by atoms with Crippen LogP contribution in [0.3, 0.4) is 0 Å². The van der Waals surface area contributed by atoms with Gasteiger partial charge in [-0.1, -0.05) is 60.7 Å². The van der Waals surface area contributed by atoms with Crippen molar-refractivity contribution in [1.82, 2.24) is 4.90 Å². The number of amides is 1. The topological polar surface area (TPSA) is 81.9 Å². The number of carbonyl (C=O) groups is 1. The lowest BCUT2D eigenvalue weighted by molar-refractivity contribution is -0.487. The van der Waals surface area contributed by atoms with Crippen LogP contribution in [0.5, 0.6) is 0 Å². The summed E-state index contributed by atoms with van der Waals surface area (Å²) in [5.41, 5.74) is 1.85. The number of ether oxygens (including phenoxy) is 2. The summed E-state index contributed by atoms with van der Waals surface area (Å²) in [5.74, 6) is 0. The predicted molar refractivity (Wildman–Crippen MR) is 94.1 cm³/mol. The van der Waals surface area contributed by atoms with Crippen molar-refractivity contribution >= 4 is 6.09 Å². The first-order valence-electron chi connectivity index (χ1n) is 8.38. The fourth-order valence-corrected chi connectivity index (χ4v) is 3.05. The molecule has 0 unspecified atom stereocenters. The predicted octanol–water partition coefficient (Wildman–Crippen LogP) is 3.04. The Kier molecular flexibility index (Phi) is 5.80. The minimum Gasteiger partial charge on any atom is -0.447 e. The van der Waals surface area contributed by atoms with Gasteiger partial charge in [-0.25, -0.2) is 4.79 Å². The minimum atomic E-state index is -0.700. The van der Waals surface area contributed by atoms with Crippen LogP contribution in [0.4, 0.5) is 4.79 Å². The van der Waals surface area contributed by atoms with Crippen LogP contribution >= 0.6 is 0 Å². The van der Waals surface area contributed by atoms with Crippen LogP contribution in [-0.2, 0) is 16.1 Å². The van der Waals surface area contributed by atoms with Crippen molar-refractivity contribution in [3.63, 3.8) is 0 Å². The van der Waals surface area contributed by atoms with Crippen molar-refractivity contribution in [3.8, 4) is 0 Å². The van der Waals surface area contributed by atoms with Gasteiger partial charge in [0.15, 0.2) is 0 Å². The zero-order valence-electron chi connectivity index (χ0n) is 14.2.